The number of amides is 1. The molecule has 0 atom stereocenters. The van der Waals surface area contributed by atoms with Gasteiger partial charge in [0.2, 0.25) is 5.91 Å². The van der Waals surface area contributed by atoms with Gasteiger partial charge in [0.05, 0.1) is 22.9 Å². The summed E-state index contributed by atoms with van der Waals surface area (Å²) in [5, 5.41) is 2.89. The maximum atomic E-state index is 12.1. The minimum absolute atomic E-state index is 0.0437. The van der Waals surface area contributed by atoms with E-state index >= 15 is 0 Å². The van der Waals surface area contributed by atoms with E-state index in [0.717, 1.165) is 35.8 Å². The molecule has 1 amide bonds. The number of aromatic nitrogens is 3. The van der Waals surface area contributed by atoms with Gasteiger partial charge in [-0.05, 0) is 38.1 Å². The molecule has 6 nitrogen and oxygen atoms in total. The van der Waals surface area contributed by atoms with E-state index in [9.17, 15) is 4.79 Å². The van der Waals surface area contributed by atoms with Gasteiger partial charge >= 0.3 is 0 Å². The van der Waals surface area contributed by atoms with Gasteiger partial charge in [0.15, 0.2) is 0 Å². The van der Waals surface area contributed by atoms with Crippen LogP contribution in [0.15, 0.2) is 42.6 Å². The first-order valence-corrected chi connectivity index (χ1v) is 8.64. The maximum absolute atomic E-state index is 12.1. The minimum atomic E-state index is -0.0437. The van der Waals surface area contributed by atoms with Gasteiger partial charge in [-0.2, -0.15) is 0 Å². The maximum Gasteiger partial charge on any atom is 0.224 e. The number of aryl methyl sites for hydroxylation is 1. The van der Waals surface area contributed by atoms with Crippen molar-refractivity contribution in [2.45, 2.75) is 26.7 Å². The van der Waals surface area contributed by atoms with Crippen LogP contribution >= 0.6 is 0 Å². The van der Waals surface area contributed by atoms with Gasteiger partial charge in [0.1, 0.15) is 11.6 Å². The Morgan fingerprint density at radius 1 is 1.16 bits per heavy atom. The van der Waals surface area contributed by atoms with Crippen molar-refractivity contribution in [1.29, 1.82) is 0 Å². The van der Waals surface area contributed by atoms with Gasteiger partial charge in [-0.1, -0.05) is 12.1 Å². The quantitative estimate of drug-likeness (QED) is 0.693. The van der Waals surface area contributed by atoms with E-state index in [-0.39, 0.29) is 5.91 Å². The minimum Gasteiger partial charge on any atom is -0.357 e. The fraction of sp³-hybridized carbons (Fsp3) is 0.316. The molecule has 25 heavy (non-hydrogen) atoms. The second-order valence-corrected chi connectivity index (χ2v) is 5.83. The first-order chi connectivity index (χ1) is 12.2. The second kappa shape index (κ2) is 7.79. The number of hydrogen-bond acceptors (Lipinski definition) is 4. The largest absolute Gasteiger partial charge is 0.357 e. The number of fused-ring (bicyclic) bond motifs is 1. The number of benzene rings is 1. The molecule has 0 spiro atoms. The Morgan fingerprint density at radius 3 is 2.64 bits per heavy atom. The smallest absolute Gasteiger partial charge is 0.224 e. The monoisotopic (exact) mass is 337 g/mol. The van der Waals surface area contributed by atoms with Gasteiger partial charge in [-0.15, -0.1) is 0 Å². The zero-order valence-corrected chi connectivity index (χ0v) is 14.6. The number of nitrogens with zero attached hydrogens (tertiary/aromatic N) is 3. The number of anilines is 2. The van der Waals surface area contributed by atoms with Crippen LogP contribution in [0.2, 0.25) is 0 Å². The van der Waals surface area contributed by atoms with Crippen molar-refractivity contribution in [3.8, 4) is 0 Å². The Kier molecular flexibility index (Phi) is 5.28. The second-order valence-electron chi connectivity index (χ2n) is 5.83. The molecule has 130 valence electrons. The third-order valence-electron chi connectivity index (χ3n) is 4.15. The standard InChI is InChI=1S/C19H23N5O/c1-3-24(4-2)18-11-9-14(13-20-18)21-19(25)12-10-17-22-15-7-5-6-8-16(15)23-17/h5-9,11,13H,3-4,10,12H2,1-2H3,(H,21,25)(H,22,23). The first-order valence-electron chi connectivity index (χ1n) is 8.64. The van der Waals surface area contributed by atoms with E-state index in [4.69, 9.17) is 0 Å². The van der Waals surface area contributed by atoms with Crippen LogP contribution in [0.25, 0.3) is 11.0 Å². The molecule has 0 aliphatic rings. The molecule has 0 bridgehead atoms. The summed E-state index contributed by atoms with van der Waals surface area (Å²) in [4.78, 5) is 26.4. The molecule has 2 N–H and O–H groups in total. The number of hydrogen-bond donors (Lipinski definition) is 2. The van der Waals surface area contributed by atoms with Gasteiger partial charge in [-0.25, -0.2) is 9.97 Å². The lowest BCUT2D eigenvalue weighted by Gasteiger charge is -2.19. The van der Waals surface area contributed by atoms with Crippen LogP contribution in [0.1, 0.15) is 26.1 Å². The number of pyridine rings is 1. The van der Waals surface area contributed by atoms with Gasteiger partial charge < -0.3 is 15.2 Å². The third kappa shape index (κ3) is 4.15. The Hall–Kier alpha value is -2.89. The zero-order chi connectivity index (χ0) is 17.6. The predicted molar refractivity (Wildman–Crippen MR) is 101 cm³/mol. The number of carbonyl (C=O) groups is 1. The number of rotatable bonds is 7. The van der Waals surface area contributed by atoms with Crippen molar-refractivity contribution in [3.63, 3.8) is 0 Å². The number of imidazole rings is 1. The Morgan fingerprint density at radius 2 is 1.96 bits per heavy atom. The zero-order valence-electron chi connectivity index (χ0n) is 14.6. The van der Waals surface area contributed by atoms with Crippen molar-refractivity contribution in [2.75, 3.05) is 23.3 Å². The Balaban J connectivity index is 1.55. The first kappa shape index (κ1) is 17.0. The number of H-pyrrole nitrogens is 1. The highest BCUT2D eigenvalue weighted by Gasteiger charge is 2.08. The summed E-state index contributed by atoms with van der Waals surface area (Å²) in [6, 6.07) is 11.7. The highest BCUT2D eigenvalue weighted by Crippen LogP contribution is 2.15. The molecule has 0 saturated heterocycles. The topological polar surface area (TPSA) is 73.9 Å². The van der Waals surface area contributed by atoms with Crippen LogP contribution in [0.5, 0.6) is 0 Å². The highest BCUT2D eigenvalue weighted by molar-refractivity contribution is 5.90. The molecule has 0 saturated carbocycles. The average Bonchev–Trinajstić information content (AvgIpc) is 3.05. The molecule has 3 aromatic rings. The normalized spacial score (nSPS) is 10.8. The molecular formula is C19H23N5O. The summed E-state index contributed by atoms with van der Waals surface area (Å²) >= 11 is 0. The molecule has 0 aliphatic heterocycles. The summed E-state index contributed by atoms with van der Waals surface area (Å²) in [5.74, 6) is 1.70. The van der Waals surface area contributed by atoms with E-state index in [0.29, 0.717) is 18.5 Å². The third-order valence-corrected chi connectivity index (χ3v) is 4.15. The molecule has 0 aliphatic carbocycles. The number of aromatic amines is 1. The fourth-order valence-corrected chi connectivity index (χ4v) is 2.77. The Labute approximate surface area is 147 Å². The fourth-order valence-electron chi connectivity index (χ4n) is 2.77. The highest BCUT2D eigenvalue weighted by atomic mass is 16.1. The number of para-hydroxylation sites is 2. The number of carbonyl (C=O) groups excluding carboxylic acids is 1. The summed E-state index contributed by atoms with van der Waals surface area (Å²) in [6.45, 7) is 6.01. The van der Waals surface area contributed by atoms with E-state index in [2.05, 4.69) is 39.0 Å². The van der Waals surface area contributed by atoms with Crippen LogP contribution in [-0.4, -0.2) is 33.9 Å². The van der Waals surface area contributed by atoms with Crippen LogP contribution in [0.3, 0.4) is 0 Å². The van der Waals surface area contributed by atoms with Crippen molar-refractivity contribution >= 4 is 28.4 Å². The predicted octanol–water partition coefficient (Wildman–Crippen LogP) is 3.38. The molecular weight excluding hydrogens is 314 g/mol. The van der Waals surface area contributed by atoms with E-state index in [1.807, 2.05) is 36.4 Å². The lowest BCUT2D eigenvalue weighted by molar-refractivity contribution is -0.116. The van der Waals surface area contributed by atoms with Crippen molar-refractivity contribution < 1.29 is 4.79 Å². The summed E-state index contributed by atoms with van der Waals surface area (Å²) in [7, 11) is 0. The van der Waals surface area contributed by atoms with Crippen LogP contribution in [-0.2, 0) is 11.2 Å². The molecule has 0 fully saturated rings. The molecule has 0 radical (unpaired) electrons. The number of nitrogens with one attached hydrogen (secondary N) is 2. The molecule has 6 heteroatoms. The van der Waals surface area contributed by atoms with Crippen molar-refractivity contribution in [3.05, 3.63) is 48.4 Å². The SMILES string of the molecule is CCN(CC)c1ccc(NC(=O)CCc2nc3ccccc3[nH]2)cn1. The van der Waals surface area contributed by atoms with Crippen LogP contribution in [0, 0.1) is 0 Å². The molecule has 1 aromatic carbocycles. The van der Waals surface area contributed by atoms with Crippen molar-refractivity contribution in [2.24, 2.45) is 0 Å². The van der Waals surface area contributed by atoms with Gasteiger partial charge in [0, 0.05) is 25.9 Å². The molecule has 2 aromatic heterocycles. The van der Waals surface area contributed by atoms with Crippen LogP contribution < -0.4 is 10.2 Å². The van der Waals surface area contributed by atoms with E-state index in [1.165, 1.54) is 0 Å². The lowest BCUT2D eigenvalue weighted by Crippen LogP contribution is -2.22. The van der Waals surface area contributed by atoms with E-state index in [1.54, 1.807) is 6.20 Å². The van der Waals surface area contributed by atoms with Crippen LogP contribution in [0.4, 0.5) is 11.5 Å². The van der Waals surface area contributed by atoms with Gasteiger partial charge in [-0.3, -0.25) is 4.79 Å². The summed E-state index contributed by atoms with van der Waals surface area (Å²) in [5.41, 5.74) is 2.63. The summed E-state index contributed by atoms with van der Waals surface area (Å²) < 4.78 is 0. The van der Waals surface area contributed by atoms with Crippen molar-refractivity contribution in [1.82, 2.24) is 15.0 Å². The molecule has 0 unspecified atom stereocenters. The average molecular weight is 337 g/mol. The Bertz CT molecular complexity index is 803. The summed E-state index contributed by atoms with van der Waals surface area (Å²) in [6.07, 6.45) is 2.65. The lowest BCUT2D eigenvalue weighted by atomic mass is 10.2. The molecule has 2 heterocycles. The van der Waals surface area contributed by atoms with E-state index < -0.39 is 0 Å². The molecule has 3 rings (SSSR count). The van der Waals surface area contributed by atoms with Gasteiger partial charge in [0.25, 0.3) is 0 Å².